The molecule has 0 aliphatic rings. The van der Waals surface area contributed by atoms with Crippen molar-refractivity contribution in [2.45, 2.75) is 5.92 Å². The second-order valence-electron chi connectivity index (χ2n) is 8.57. The van der Waals surface area contributed by atoms with Gasteiger partial charge in [-0.05, 0) is 54.6 Å². The number of anilines is 4. The third kappa shape index (κ3) is 5.01. The lowest BCUT2D eigenvalue weighted by Crippen LogP contribution is -2.46. The summed E-state index contributed by atoms with van der Waals surface area (Å²) in [6.45, 7) is 0. The molecule has 4 aromatic carbocycles. The number of hydrogen-bond acceptors (Lipinski definition) is 3. The van der Waals surface area contributed by atoms with Crippen LogP contribution in [0.25, 0.3) is 0 Å². The van der Waals surface area contributed by atoms with E-state index in [-0.39, 0.29) is 5.69 Å². The minimum Gasteiger partial charge on any atom is -0.618 e. The Morgan fingerprint density at radius 3 is 1.13 bits per heavy atom. The van der Waals surface area contributed by atoms with Crippen LogP contribution in [0.5, 0.6) is 0 Å². The molecule has 0 bridgehead atoms. The molecule has 0 fully saturated rings. The van der Waals surface area contributed by atoms with Crippen molar-refractivity contribution in [1.82, 2.24) is 0 Å². The Bertz CT molecular complexity index is 1340. The van der Waals surface area contributed by atoms with Gasteiger partial charge >= 0.3 is 0 Å². The predicted octanol–water partition coefficient (Wildman–Crippen LogP) is 6.13. The highest BCUT2D eigenvalue weighted by atomic mass is 16.5. The molecule has 0 saturated carbocycles. The van der Waals surface area contributed by atoms with Crippen LogP contribution in [0.1, 0.15) is 11.6 Å². The Labute approximate surface area is 221 Å². The number of amides is 2. The van der Waals surface area contributed by atoms with Crippen LogP contribution >= 0.6 is 0 Å². The van der Waals surface area contributed by atoms with Gasteiger partial charge in [0.25, 0.3) is 11.8 Å². The van der Waals surface area contributed by atoms with E-state index in [9.17, 15) is 14.8 Å². The monoisotopic (exact) mass is 499 g/mol. The van der Waals surface area contributed by atoms with Crippen molar-refractivity contribution < 1.29 is 14.3 Å². The van der Waals surface area contributed by atoms with Crippen molar-refractivity contribution in [3.63, 3.8) is 0 Å². The van der Waals surface area contributed by atoms with E-state index in [4.69, 9.17) is 0 Å². The maximum atomic E-state index is 14.5. The van der Waals surface area contributed by atoms with E-state index in [0.29, 0.717) is 27.5 Å². The van der Waals surface area contributed by atoms with Gasteiger partial charge in [-0.1, -0.05) is 72.8 Å². The van der Waals surface area contributed by atoms with Crippen LogP contribution in [-0.2, 0) is 9.59 Å². The first kappa shape index (κ1) is 24.5. The largest absolute Gasteiger partial charge is 0.618 e. The van der Waals surface area contributed by atoms with Crippen LogP contribution < -0.4 is 14.5 Å². The molecule has 0 aliphatic heterocycles. The SMILES string of the molecule is O=C(C(C(=O)N(c1ccccc1)c1ccccc1)c1cccc[n+]1[O-])N(c1ccccc1)c1ccccc1. The van der Waals surface area contributed by atoms with Gasteiger partial charge in [0.15, 0.2) is 6.20 Å². The fraction of sp³-hybridized carbons (Fsp3) is 0.0312. The lowest BCUT2D eigenvalue weighted by Gasteiger charge is -2.30. The van der Waals surface area contributed by atoms with Gasteiger partial charge in [-0.3, -0.25) is 19.4 Å². The van der Waals surface area contributed by atoms with Gasteiger partial charge in [0, 0.05) is 34.9 Å². The van der Waals surface area contributed by atoms with Gasteiger partial charge in [-0.2, -0.15) is 4.73 Å². The minimum absolute atomic E-state index is 0.0382. The number of pyridine rings is 1. The van der Waals surface area contributed by atoms with Gasteiger partial charge in [0.1, 0.15) is 0 Å². The molecule has 0 atom stereocenters. The zero-order chi connectivity index (χ0) is 26.3. The number of rotatable bonds is 7. The number of para-hydroxylation sites is 4. The molecule has 1 aromatic heterocycles. The minimum atomic E-state index is -1.44. The maximum absolute atomic E-state index is 14.5. The van der Waals surface area contributed by atoms with Crippen molar-refractivity contribution >= 4 is 34.6 Å². The number of benzene rings is 4. The number of nitrogens with zero attached hydrogens (tertiary/aromatic N) is 3. The van der Waals surface area contributed by atoms with Crippen molar-refractivity contribution in [3.05, 3.63) is 157 Å². The molecule has 0 saturated heterocycles. The van der Waals surface area contributed by atoms with E-state index >= 15 is 0 Å². The summed E-state index contributed by atoms with van der Waals surface area (Å²) in [5.74, 6) is -2.52. The van der Waals surface area contributed by atoms with Crippen molar-refractivity contribution in [2.75, 3.05) is 9.80 Å². The van der Waals surface area contributed by atoms with E-state index in [1.54, 1.807) is 60.7 Å². The molecule has 0 spiro atoms. The first-order valence-corrected chi connectivity index (χ1v) is 12.2. The van der Waals surface area contributed by atoms with Crippen LogP contribution in [0, 0.1) is 5.21 Å². The van der Waals surface area contributed by atoms with Crippen molar-refractivity contribution in [3.8, 4) is 0 Å². The van der Waals surface area contributed by atoms with Gasteiger partial charge in [-0.25, -0.2) is 0 Å². The standard InChI is InChI=1S/C32H25N3O3/c36-31(34(25-15-5-1-6-16-25)26-17-7-2-8-18-26)30(29-23-13-14-24-33(29)38)32(37)35(27-19-9-3-10-20-27)28-21-11-4-12-22-28/h1-24,30H. The molecule has 0 radical (unpaired) electrons. The molecule has 0 aliphatic carbocycles. The van der Waals surface area contributed by atoms with E-state index in [1.807, 2.05) is 72.8 Å². The van der Waals surface area contributed by atoms with Crippen LogP contribution in [0.15, 0.2) is 146 Å². The molecular weight excluding hydrogens is 474 g/mol. The molecule has 38 heavy (non-hydrogen) atoms. The molecule has 6 heteroatoms. The average molecular weight is 500 g/mol. The van der Waals surface area contributed by atoms with E-state index in [2.05, 4.69) is 0 Å². The fourth-order valence-corrected chi connectivity index (χ4v) is 4.40. The molecule has 0 N–H and O–H groups in total. The van der Waals surface area contributed by atoms with Gasteiger partial charge in [-0.15, -0.1) is 0 Å². The fourth-order valence-electron chi connectivity index (χ4n) is 4.40. The molecule has 5 aromatic rings. The lowest BCUT2D eigenvalue weighted by atomic mass is 9.98. The summed E-state index contributed by atoms with van der Waals surface area (Å²) >= 11 is 0. The average Bonchev–Trinajstić information content (AvgIpc) is 2.97. The summed E-state index contributed by atoms with van der Waals surface area (Å²) in [6.07, 6.45) is 1.30. The van der Waals surface area contributed by atoms with Crippen LogP contribution in [-0.4, -0.2) is 11.8 Å². The quantitative estimate of drug-likeness (QED) is 0.154. The molecule has 6 nitrogen and oxygen atoms in total. The summed E-state index contributed by atoms with van der Waals surface area (Å²) in [5, 5.41) is 13.0. The smallest absolute Gasteiger partial charge is 0.255 e. The van der Waals surface area contributed by atoms with E-state index < -0.39 is 17.7 Å². The lowest BCUT2D eigenvalue weighted by molar-refractivity contribution is -0.614. The van der Waals surface area contributed by atoms with Gasteiger partial charge in [0.05, 0.1) is 0 Å². The van der Waals surface area contributed by atoms with Crippen LogP contribution in [0.4, 0.5) is 22.7 Å². The summed E-state index contributed by atoms with van der Waals surface area (Å²) in [5.41, 5.74) is 2.37. The molecule has 186 valence electrons. The van der Waals surface area contributed by atoms with E-state index in [1.165, 1.54) is 22.1 Å². The topological polar surface area (TPSA) is 67.6 Å². The Kier molecular flexibility index (Phi) is 7.23. The van der Waals surface area contributed by atoms with Crippen LogP contribution in [0.3, 0.4) is 0 Å². The number of aromatic nitrogens is 1. The first-order valence-electron chi connectivity index (χ1n) is 12.2. The molecule has 1 heterocycles. The summed E-state index contributed by atoms with van der Waals surface area (Å²) in [7, 11) is 0. The summed E-state index contributed by atoms with van der Waals surface area (Å²) in [6, 6.07) is 41.2. The number of hydrogen-bond donors (Lipinski definition) is 0. The second kappa shape index (κ2) is 11.2. The Morgan fingerprint density at radius 1 is 0.500 bits per heavy atom. The van der Waals surface area contributed by atoms with Gasteiger partial charge < -0.3 is 5.21 Å². The zero-order valence-corrected chi connectivity index (χ0v) is 20.5. The van der Waals surface area contributed by atoms with Crippen LogP contribution in [0.2, 0.25) is 0 Å². The predicted molar refractivity (Wildman–Crippen MR) is 148 cm³/mol. The zero-order valence-electron chi connectivity index (χ0n) is 20.5. The highest BCUT2D eigenvalue weighted by molar-refractivity contribution is 6.20. The highest BCUT2D eigenvalue weighted by Crippen LogP contribution is 2.34. The Morgan fingerprint density at radius 2 is 0.816 bits per heavy atom. The maximum Gasteiger partial charge on any atom is 0.255 e. The number of carbonyl (C=O) groups excluding carboxylic acids is 2. The third-order valence-corrected chi connectivity index (χ3v) is 6.14. The highest BCUT2D eigenvalue weighted by Gasteiger charge is 2.42. The second-order valence-corrected chi connectivity index (χ2v) is 8.57. The van der Waals surface area contributed by atoms with E-state index in [0.717, 1.165) is 0 Å². The summed E-state index contributed by atoms with van der Waals surface area (Å²) in [4.78, 5) is 32.0. The Hall–Kier alpha value is -5.23. The van der Waals surface area contributed by atoms with Crippen molar-refractivity contribution in [1.29, 1.82) is 0 Å². The summed E-state index contributed by atoms with van der Waals surface area (Å²) < 4.78 is 0.586. The molecule has 5 rings (SSSR count). The normalized spacial score (nSPS) is 10.7. The first-order chi connectivity index (χ1) is 18.6. The molecule has 0 unspecified atom stereocenters. The molecular formula is C32H25N3O3. The molecule has 2 amide bonds. The van der Waals surface area contributed by atoms with Crippen molar-refractivity contribution in [2.24, 2.45) is 0 Å². The Balaban J connectivity index is 1.70. The van der Waals surface area contributed by atoms with Gasteiger partial charge in [0.2, 0.25) is 11.6 Å². The number of carbonyl (C=O) groups is 2. The third-order valence-electron chi connectivity index (χ3n) is 6.14.